The Morgan fingerprint density at radius 1 is 1.50 bits per heavy atom. The third kappa shape index (κ3) is 4.43. The number of halogens is 1. The third-order valence-electron chi connectivity index (χ3n) is 2.35. The summed E-state index contributed by atoms with van der Waals surface area (Å²) in [4.78, 5) is 10.8. The first-order valence-corrected chi connectivity index (χ1v) is 5.75. The van der Waals surface area contributed by atoms with Gasteiger partial charge in [0, 0.05) is 6.61 Å². The molecule has 0 amide bonds. The van der Waals surface area contributed by atoms with E-state index in [1.54, 1.807) is 0 Å². The van der Waals surface area contributed by atoms with Crippen LogP contribution in [0.3, 0.4) is 0 Å². The van der Waals surface area contributed by atoms with Crippen molar-refractivity contribution in [1.29, 1.82) is 0 Å². The number of carboxylic acids is 1. The van der Waals surface area contributed by atoms with Crippen LogP contribution in [0.25, 0.3) is 0 Å². The van der Waals surface area contributed by atoms with Gasteiger partial charge >= 0.3 is 5.97 Å². The van der Waals surface area contributed by atoms with Gasteiger partial charge in [0.1, 0.15) is 5.82 Å². The Bertz CT molecular complexity index is 406. The molecule has 0 fully saturated rings. The van der Waals surface area contributed by atoms with E-state index >= 15 is 0 Å². The number of rotatable bonds is 7. The Hall–Kier alpha value is -1.46. The average molecular weight is 256 g/mol. The molecule has 1 atom stereocenters. The van der Waals surface area contributed by atoms with Crippen molar-refractivity contribution in [2.24, 2.45) is 0 Å². The summed E-state index contributed by atoms with van der Waals surface area (Å²) in [6.45, 7) is 5.08. The van der Waals surface area contributed by atoms with Crippen LogP contribution in [-0.4, -0.2) is 30.4 Å². The highest BCUT2D eigenvalue weighted by atomic mass is 19.1. The number of carbonyl (C=O) groups is 1. The van der Waals surface area contributed by atoms with Crippen LogP contribution in [0.4, 0.5) is 4.39 Å². The van der Waals surface area contributed by atoms with Crippen molar-refractivity contribution >= 4 is 5.97 Å². The van der Waals surface area contributed by atoms with Crippen LogP contribution in [0.5, 0.6) is 0 Å². The molecule has 0 aromatic heterocycles. The molecule has 0 spiro atoms. The van der Waals surface area contributed by atoms with Crippen molar-refractivity contribution in [1.82, 2.24) is 0 Å². The van der Waals surface area contributed by atoms with Crippen LogP contribution in [0.1, 0.15) is 29.8 Å². The second kappa shape index (κ2) is 7.08. The summed E-state index contributed by atoms with van der Waals surface area (Å²) in [7, 11) is 0. The molecule has 0 aliphatic heterocycles. The van der Waals surface area contributed by atoms with Gasteiger partial charge < -0.3 is 14.6 Å². The van der Waals surface area contributed by atoms with E-state index in [-0.39, 0.29) is 18.3 Å². The molecule has 100 valence electrons. The fraction of sp³-hybridized carbons (Fsp3) is 0.462. The highest BCUT2D eigenvalue weighted by molar-refractivity contribution is 5.88. The highest BCUT2D eigenvalue weighted by Gasteiger charge is 2.11. The van der Waals surface area contributed by atoms with E-state index in [0.29, 0.717) is 18.8 Å². The van der Waals surface area contributed by atoms with E-state index in [0.717, 1.165) is 6.07 Å². The van der Waals surface area contributed by atoms with Crippen molar-refractivity contribution in [2.45, 2.75) is 26.6 Å². The van der Waals surface area contributed by atoms with Gasteiger partial charge in [0.05, 0.1) is 24.9 Å². The standard InChI is InChI=1S/C13H17FO4/c1-3-17-7-9(2)18-8-10-4-5-12(14)11(6-10)13(15)16/h4-6,9H,3,7-8H2,1-2H3,(H,15,16). The molecule has 1 aromatic rings. The van der Waals surface area contributed by atoms with Crippen LogP contribution in [0, 0.1) is 5.82 Å². The minimum Gasteiger partial charge on any atom is -0.478 e. The highest BCUT2D eigenvalue weighted by Crippen LogP contribution is 2.12. The number of ether oxygens (including phenoxy) is 2. The molecule has 0 heterocycles. The van der Waals surface area contributed by atoms with Gasteiger partial charge in [0.2, 0.25) is 0 Å². The van der Waals surface area contributed by atoms with Gasteiger partial charge in [0.25, 0.3) is 0 Å². The van der Waals surface area contributed by atoms with E-state index in [1.165, 1.54) is 12.1 Å². The van der Waals surface area contributed by atoms with Crippen molar-refractivity contribution in [3.8, 4) is 0 Å². The molecular formula is C13H17FO4. The van der Waals surface area contributed by atoms with Crippen LogP contribution in [0.15, 0.2) is 18.2 Å². The summed E-state index contributed by atoms with van der Waals surface area (Å²) in [5.41, 5.74) is 0.283. The Morgan fingerprint density at radius 2 is 2.22 bits per heavy atom. The van der Waals surface area contributed by atoms with Gasteiger partial charge in [-0.3, -0.25) is 0 Å². The molecule has 0 aliphatic rings. The Kier molecular flexibility index (Phi) is 5.74. The minimum absolute atomic E-state index is 0.0942. The molecule has 0 saturated heterocycles. The summed E-state index contributed by atoms with van der Waals surface area (Å²) in [5.74, 6) is -2.02. The lowest BCUT2D eigenvalue weighted by atomic mass is 10.1. The molecule has 18 heavy (non-hydrogen) atoms. The maximum absolute atomic E-state index is 13.1. The molecule has 0 bridgehead atoms. The van der Waals surface area contributed by atoms with Gasteiger partial charge in [0.15, 0.2) is 0 Å². The zero-order valence-corrected chi connectivity index (χ0v) is 10.5. The van der Waals surface area contributed by atoms with E-state index in [2.05, 4.69) is 0 Å². The number of benzene rings is 1. The largest absolute Gasteiger partial charge is 0.478 e. The fourth-order valence-corrected chi connectivity index (χ4v) is 1.40. The predicted octanol–water partition coefficient (Wildman–Crippen LogP) is 2.47. The summed E-state index contributed by atoms with van der Waals surface area (Å²) in [5, 5.41) is 8.78. The molecule has 1 unspecified atom stereocenters. The monoisotopic (exact) mass is 256 g/mol. The average Bonchev–Trinajstić information content (AvgIpc) is 2.35. The van der Waals surface area contributed by atoms with E-state index in [1.807, 2.05) is 13.8 Å². The van der Waals surface area contributed by atoms with E-state index in [4.69, 9.17) is 14.6 Å². The number of carboxylic acid groups (broad SMARTS) is 1. The fourth-order valence-electron chi connectivity index (χ4n) is 1.40. The SMILES string of the molecule is CCOCC(C)OCc1ccc(F)c(C(=O)O)c1. The molecule has 5 heteroatoms. The first-order chi connectivity index (χ1) is 8.54. The smallest absolute Gasteiger partial charge is 0.338 e. The summed E-state index contributed by atoms with van der Waals surface area (Å²) in [6, 6.07) is 3.93. The first kappa shape index (κ1) is 14.6. The molecular weight excluding hydrogens is 239 g/mol. The zero-order chi connectivity index (χ0) is 13.5. The Labute approximate surface area is 105 Å². The Morgan fingerprint density at radius 3 is 2.83 bits per heavy atom. The minimum atomic E-state index is -1.28. The van der Waals surface area contributed by atoms with Gasteiger partial charge in [-0.25, -0.2) is 9.18 Å². The predicted molar refractivity (Wildman–Crippen MR) is 64.1 cm³/mol. The number of hydrogen-bond donors (Lipinski definition) is 1. The van der Waals surface area contributed by atoms with Gasteiger partial charge in [-0.2, -0.15) is 0 Å². The van der Waals surface area contributed by atoms with Crippen LogP contribution in [0.2, 0.25) is 0 Å². The molecule has 0 saturated carbocycles. The summed E-state index contributed by atoms with van der Waals surface area (Å²) >= 11 is 0. The van der Waals surface area contributed by atoms with Gasteiger partial charge in [-0.1, -0.05) is 6.07 Å². The maximum atomic E-state index is 13.1. The summed E-state index contributed by atoms with van der Waals surface area (Å²) < 4.78 is 23.8. The van der Waals surface area contributed by atoms with E-state index < -0.39 is 11.8 Å². The molecule has 1 rings (SSSR count). The first-order valence-electron chi connectivity index (χ1n) is 5.75. The van der Waals surface area contributed by atoms with Crippen molar-refractivity contribution in [2.75, 3.05) is 13.2 Å². The van der Waals surface area contributed by atoms with Crippen molar-refractivity contribution in [3.05, 3.63) is 35.1 Å². The quantitative estimate of drug-likeness (QED) is 0.814. The molecule has 1 N–H and O–H groups in total. The second-order valence-electron chi connectivity index (χ2n) is 3.90. The lowest BCUT2D eigenvalue weighted by molar-refractivity contribution is -0.0117. The molecule has 0 aliphatic carbocycles. The topological polar surface area (TPSA) is 55.8 Å². The lowest BCUT2D eigenvalue weighted by Gasteiger charge is -2.13. The number of hydrogen-bond acceptors (Lipinski definition) is 3. The van der Waals surface area contributed by atoms with Gasteiger partial charge in [-0.15, -0.1) is 0 Å². The van der Waals surface area contributed by atoms with Crippen LogP contribution >= 0.6 is 0 Å². The lowest BCUT2D eigenvalue weighted by Crippen LogP contribution is -2.16. The molecule has 1 aromatic carbocycles. The third-order valence-corrected chi connectivity index (χ3v) is 2.35. The number of aromatic carboxylic acids is 1. The molecule has 4 nitrogen and oxygen atoms in total. The van der Waals surface area contributed by atoms with Gasteiger partial charge in [-0.05, 0) is 31.5 Å². The van der Waals surface area contributed by atoms with Crippen molar-refractivity contribution in [3.63, 3.8) is 0 Å². The summed E-state index contributed by atoms with van der Waals surface area (Å²) in [6.07, 6.45) is -0.0942. The maximum Gasteiger partial charge on any atom is 0.338 e. The zero-order valence-electron chi connectivity index (χ0n) is 10.5. The van der Waals surface area contributed by atoms with Crippen LogP contribution in [-0.2, 0) is 16.1 Å². The normalized spacial score (nSPS) is 12.4. The van der Waals surface area contributed by atoms with Crippen LogP contribution < -0.4 is 0 Å². The van der Waals surface area contributed by atoms with Crippen molar-refractivity contribution < 1.29 is 23.8 Å². The Balaban J connectivity index is 2.57. The second-order valence-corrected chi connectivity index (χ2v) is 3.90. The molecule has 0 radical (unpaired) electrons. The van der Waals surface area contributed by atoms with E-state index in [9.17, 15) is 9.18 Å².